The van der Waals surface area contributed by atoms with Crippen LogP contribution >= 0.6 is 56.5 Å². The summed E-state index contributed by atoms with van der Waals surface area (Å²) in [7, 11) is 0. The first-order valence-electron chi connectivity index (χ1n) is 10.6. The number of carbonyl (C=O) groups excluding carboxylic acids is 1. The summed E-state index contributed by atoms with van der Waals surface area (Å²) in [4.78, 5) is 14.0. The number of thiophene rings is 1. The van der Waals surface area contributed by atoms with E-state index in [0.29, 0.717) is 17.2 Å². The van der Waals surface area contributed by atoms with E-state index in [0.717, 1.165) is 56.6 Å². The molecule has 2 aromatic carbocycles. The van der Waals surface area contributed by atoms with Crippen molar-refractivity contribution in [2.45, 2.75) is 32.3 Å². The van der Waals surface area contributed by atoms with Crippen molar-refractivity contribution in [2.75, 3.05) is 5.32 Å². The third kappa shape index (κ3) is 5.80. The van der Waals surface area contributed by atoms with Gasteiger partial charge in [-0.1, -0.05) is 18.2 Å². The lowest BCUT2D eigenvalue weighted by Gasteiger charge is -2.09. The predicted octanol–water partition coefficient (Wildman–Crippen LogP) is 6.83. The van der Waals surface area contributed by atoms with Gasteiger partial charge in [0.25, 0.3) is 5.91 Å². The van der Waals surface area contributed by atoms with Gasteiger partial charge in [0, 0.05) is 8.45 Å². The highest BCUT2D eigenvalue weighted by Gasteiger charge is 2.22. The lowest BCUT2D eigenvalue weighted by molar-refractivity contribution is -0.112. The Hall–Kier alpha value is -2.41. The molecule has 1 N–H and O–H groups in total. The number of ether oxygens (including phenoxy) is 1. The van der Waals surface area contributed by atoms with E-state index in [1.54, 1.807) is 6.08 Å². The van der Waals surface area contributed by atoms with E-state index < -0.39 is 5.91 Å². The number of nitrogens with zero attached hydrogens (tertiary/aromatic N) is 2. The molecule has 0 aliphatic heterocycles. The Kier molecular flexibility index (Phi) is 8.24. The predicted molar refractivity (Wildman–Crippen MR) is 151 cm³/mol. The normalized spacial score (nSPS) is 12.9. The average molecular weight is 691 g/mol. The molecule has 0 fully saturated rings. The summed E-state index contributed by atoms with van der Waals surface area (Å²) in [5, 5.41) is 22.5. The number of aryl methyl sites for hydroxylation is 1. The number of nitriles is 2. The summed E-state index contributed by atoms with van der Waals surface area (Å²) in [6, 6.07) is 17.9. The number of carbonyl (C=O) groups is 1. The quantitative estimate of drug-likeness (QED) is 0.175. The van der Waals surface area contributed by atoms with Crippen LogP contribution in [-0.2, 0) is 24.2 Å². The highest BCUT2D eigenvalue weighted by Crippen LogP contribution is 2.37. The molecule has 170 valence electrons. The lowest BCUT2D eigenvalue weighted by Crippen LogP contribution is -2.13. The van der Waals surface area contributed by atoms with Crippen LogP contribution in [0.2, 0.25) is 0 Å². The number of hydrogen-bond acceptors (Lipinski definition) is 5. The second kappa shape index (κ2) is 11.3. The summed E-state index contributed by atoms with van der Waals surface area (Å²) in [5.41, 5.74) is 3.37. The zero-order valence-electron chi connectivity index (χ0n) is 18.0. The Morgan fingerprint density at radius 2 is 1.88 bits per heavy atom. The molecule has 8 heteroatoms. The number of amides is 1. The van der Waals surface area contributed by atoms with Crippen LogP contribution in [0, 0.1) is 29.8 Å². The highest BCUT2D eigenvalue weighted by atomic mass is 127. The first-order valence-corrected chi connectivity index (χ1v) is 13.6. The van der Waals surface area contributed by atoms with Crippen molar-refractivity contribution in [3.63, 3.8) is 0 Å². The number of halogens is 2. The summed E-state index contributed by atoms with van der Waals surface area (Å²) in [6.45, 7) is 0.458. The molecule has 34 heavy (non-hydrogen) atoms. The van der Waals surface area contributed by atoms with Gasteiger partial charge < -0.3 is 10.1 Å². The third-order valence-corrected chi connectivity index (χ3v) is 8.22. The first kappa shape index (κ1) is 24.7. The molecule has 1 amide bonds. The highest BCUT2D eigenvalue weighted by molar-refractivity contribution is 14.1. The van der Waals surface area contributed by atoms with Gasteiger partial charge in [0.1, 0.15) is 35.1 Å². The van der Waals surface area contributed by atoms with Gasteiger partial charge in [-0.25, -0.2) is 0 Å². The number of nitrogens with one attached hydrogen (secondary N) is 1. The maximum atomic E-state index is 12.8. The van der Waals surface area contributed by atoms with E-state index in [-0.39, 0.29) is 5.57 Å². The van der Waals surface area contributed by atoms with E-state index in [1.165, 1.54) is 14.9 Å². The molecular formula is C26H19I2N3O2S. The molecule has 0 saturated heterocycles. The molecule has 0 atom stereocenters. The largest absolute Gasteiger partial charge is 0.488 e. The lowest BCUT2D eigenvalue weighted by atomic mass is 9.96. The van der Waals surface area contributed by atoms with Crippen LogP contribution in [-0.4, -0.2) is 5.91 Å². The fourth-order valence-corrected chi connectivity index (χ4v) is 6.01. The molecule has 4 rings (SSSR count). The zero-order chi connectivity index (χ0) is 24.1. The summed E-state index contributed by atoms with van der Waals surface area (Å²) >= 11 is 5.90. The fourth-order valence-electron chi connectivity index (χ4n) is 3.72. The topological polar surface area (TPSA) is 85.9 Å². The van der Waals surface area contributed by atoms with E-state index in [2.05, 4.69) is 56.6 Å². The maximum Gasteiger partial charge on any atom is 0.266 e. The molecule has 0 unspecified atom stereocenters. The van der Waals surface area contributed by atoms with Crippen molar-refractivity contribution in [3.8, 4) is 17.9 Å². The molecule has 0 spiro atoms. The monoisotopic (exact) mass is 691 g/mol. The van der Waals surface area contributed by atoms with Gasteiger partial charge in [0.15, 0.2) is 0 Å². The molecule has 5 nitrogen and oxygen atoms in total. The summed E-state index contributed by atoms with van der Waals surface area (Å²) in [6.07, 6.45) is 5.50. The minimum absolute atomic E-state index is 0.0152. The van der Waals surface area contributed by atoms with Crippen LogP contribution in [0.25, 0.3) is 6.08 Å². The molecule has 1 aliphatic carbocycles. The maximum absolute atomic E-state index is 12.8. The summed E-state index contributed by atoms with van der Waals surface area (Å²) < 4.78 is 7.99. The standard InChI is InChI=1S/C26H19I2N3O2S/c27-19-8-5-16(6-9-19)15-33-23-10-7-17(12-22(23)28)11-18(13-29)25(32)31-26-21(14-30)20-3-1-2-4-24(20)34-26/h5-12H,1-4,15H2,(H,31,32)/b18-11+. The van der Waals surface area contributed by atoms with Gasteiger partial charge in [-0.3, -0.25) is 4.79 Å². The van der Waals surface area contributed by atoms with E-state index in [1.807, 2.05) is 48.5 Å². The number of benzene rings is 2. The van der Waals surface area contributed by atoms with Crippen LogP contribution in [0.15, 0.2) is 48.0 Å². The van der Waals surface area contributed by atoms with Crippen molar-refractivity contribution >= 4 is 73.5 Å². The number of anilines is 1. The SMILES string of the molecule is N#C/C(=C\c1ccc(OCc2ccc(I)cc2)c(I)c1)C(=O)Nc1sc2c(c1C#N)CCCC2. The minimum atomic E-state index is -0.508. The summed E-state index contributed by atoms with van der Waals surface area (Å²) in [5.74, 6) is 0.230. The minimum Gasteiger partial charge on any atom is -0.488 e. The van der Waals surface area contributed by atoms with Gasteiger partial charge in [0.2, 0.25) is 0 Å². The Bertz CT molecular complexity index is 1350. The molecule has 3 aromatic rings. The van der Waals surface area contributed by atoms with Gasteiger partial charge in [-0.15, -0.1) is 11.3 Å². The third-order valence-electron chi connectivity index (χ3n) is 5.45. The Morgan fingerprint density at radius 1 is 1.12 bits per heavy atom. The second-order valence-corrected chi connectivity index (χ2v) is 11.3. The molecule has 0 saturated carbocycles. The van der Waals surface area contributed by atoms with Crippen LogP contribution in [0.3, 0.4) is 0 Å². The fraction of sp³-hybridized carbons (Fsp3) is 0.192. The van der Waals surface area contributed by atoms with Crippen LogP contribution in [0.5, 0.6) is 5.75 Å². The van der Waals surface area contributed by atoms with Crippen molar-refractivity contribution in [1.29, 1.82) is 10.5 Å². The van der Waals surface area contributed by atoms with Crippen LogP contribution in [0.1, 0.15) is 40.0 Å². The number of fused-ring (bicyclic) bond motifs is 1. The van der Waals surface area contributed by atoms with Crippen molar-refractivity contribution in [1.82, 2.24) is 0 Å². The molecular weight excluding hydrogens is 672 g/mol. The molecule has 1 aliphatic rings. The van der Waals surface area contributed by atoms with Gasteiger partial charge in [0.05, 0.1) is 9.13 Å². The average Bonchev–Trinajstić information content (AvgIpc) is 3.19. The first-order chi connectivity index (χ1) is 16.5. The Balaban J connectivity index is 1.48. The number of hydrogen-bond donors (Lipinski definition) is 1. The van der Waals surface area contributed by atoms with Gasteiger partial charge >= 0.3 is 0 Å². The van der Waals surface area contributed by atoms with Crippen LogP contribution in [0.4, 0.5) is 5.00 Å². The zero-order valence-corrected chi connectivity index (χ0v) is 23.2. The Morgan fingerprint density at radius 3 is 2.59 bits per heavy atom. The van der Waals surface area contributed by atoms with Gasteiger partial charge in [-0.05, 0) is 118 Å². The molecule has 0 bridgehead atoms. The molecule has 1 aromatic heterocycles. The van der Waals surface area contributed by atoms with E-state index >= 15 is 0 Å². The van der Waals surface area contributed by atoms with Crippen molar-refractivity contribution < 1.29 is 9.53 Å². The van der Waals surface area contributed by atoms with Crippen molar-refractivity contribution in [2.24, 2.45) is 0 Å². The van der Waals surface area contributed by atoms with Crippen molar-refractivity contribution in [3.05, 3.63) is 82.3 Å². The molecule has 0 radical (unpaired) electrons. The Labute approximate surface area is 229 Å². The van der Waals surface area contributed by atoms with E-state index in [9.17, 15) is 15.3 Å². The number of rotatable bonds is 6. The smallest absolute Gasteiger partial charge is 0.266 e. The van der Waals surface area contributed by atoms with Crippen LogP contribution < -0.4 is 10.1 Å². The second-order valence-electron chi connectivity index (χ2n) is 7.76. The van der Waals surface area contributed by atoms with Gasteiger partial charge in [-0.2, -0.15) is 10.5 Å². The van der Waals surface area contributed by atoms with E-state index in [4.69, 9.17) is 4.74 Å². The molecule has 1 heterocycles.